The summed E-state index contributed by atoms with van der Waals surface area (Å²) in [7, 11) is 0. The molecule has 23 heavy (non-hydrogen) atoms. The average molecular weight is 317 g/mol. The molecule has 6 heteroatoms. The lowest BCUT2D eigenvalue weighted by atomic mass is 9.99. The molecule has 1 aromatic carbocycles. The maximum Gasteiger partial charge on any atom is 0.272 e. The predicted molar refractivity (Wildman–Crippen MR) is 83.6 cm³/mol. The van der Waals surface area contributed by atoms with Crippen LogP contribution in [-0.4, -0.2) is 22.2 Å². The lowest BCUT2D eigenvalue weighted by Crippen LogP contribution is -2.27. The lowest BCUT2D eigenvalue weighted by molar-refractivity contribution is -0.00697. The Hall–Kier alpha value is -2.21. The fourth-order valence-electron chi connectivity index (χ4n) is 2.94. The molecule has 0 aliphatic carbocycles. The number of rotatable bonds is 3. The Morgan fingerprint density at radius 3 is 3.00 bits per heavy atom. The number of hydrogen-bond acceptors (Lipinski definition) is 3. The number of aromatic amines is 1. The van der Waals surface area contributed by atoms with Crippen molar-refractivity contribution in [1.82, 2.24) is 15.5 Å². The van der Waals surface area contributed by atoms with Gasteiger partial charge in [-0.2, -0.15) is 5.10 Å². The molecular weight excluding hydrogens is 297 g/mol. The molecule has 0 radical (unpaired) electrons. The van der Waals surface area contributed by atoms with Crippen molar-refractivity contribution in [3.8, 4) is 0 Å². The van der Waals surface area contributed by atoms with E-state index in [4.69, 9.17) is 4.74 Å². The predicted octanol–water partition coefficient (Wildman–Crippen LogP) is 2.81. The fraction of sp³-hybridized carbons (Fsp3) is 0.412. The van der Waals surface area contributed by atoms with Gasteiger partial charge in [0.25, 0.3) is 5.91 Å². The summed E-state index contributed by atoms with van der Waals surface area (Å²) in [6, 6.07) is 4.81. The zero-order valence-corrected chi connectivity index (χ0v) is 13.4. The van der Waals surface area contributed by atoms with Crippen molar-refractivity contribution < 1.29 is 13.9 Å². The SMILES string of the molecule is Cc1cc(CNC(=O)c2n[nH]c3c2C[C@@H](C)O[C@H]3C)ccc1F. The molecule has 0 bridgehead atoms. The molecule has 0 spiro atoms. The quantitative estimate of drug-likeness (QED) is 0.915. The van der Waals surface area contributed by atoms with Crippen LogP contribution in [0.1, 0.15) is 52.8 Å². The van der Waals surface area contributed by atoms with E-state index in [2.05, 4.69) is 15.5 Å². The van der Waals surface area contributed by atoms with Crippen LogP contribution in [0.4, 0.5) is 4.39 Å². The molecule has 1 amide bonds. The summed E-state index contributed by atoms with van der Waals surface area (Å²) in [6.45, 7) is 5.96. The van der Waals surface area contributed by atoms with Crippen molar-refractivity contribution in [2.75, 3.05) is 0 Å². The minimum absolute atomic E-state index is 0.0569. The second-order valence-electron chi connectivity index (χ2n) is 6.02. The van der Waals surface area contributed by atoms with Crippen molar-refractivity contribution >= 4 is 5.91 Å². The molecule has 0 saturated heterocycles. The molecule has 2 atom stereocenters. The largest absolute Gasteiger partial charge is 0.369 e. The highest BCUT2D eigenvalue weighted by Gasteiger charge is 2.29. The molecule has 0 saturated carbocycles. The Bertz CT molecular complexity index is 741. The summed E-state index contributed by atoms with van der Waals surface area (Å²) in [5, 5.41) is 9.90. The van der Waals surface area contributed by atoms with Crippen LogP contribution >= 0.6 is 0 Å². The number of amides is 1. The van der Waals surface area contributed by atoms with Crippen LogP contribution in [0.15, 0.2) is 18.2 Å². The lowest BCUT2D eigenvalue weighted by Gasteiger charge is -2.25. The number of carbonyl (C=O) groups excluding carboxylic acids is 1. The van der Waals surface area contributed by atoms with Crippen LogP contribution in [0.2, 0.25) is 0 Å². The van der Waals surface area contributed by atoms with E-state index in [1.807, 2.05) is 13.8 Å². The monoisotopic (exact) mass is 317 g/mol. The third-order valence-electron chi connectivity index (χ3n) is 4.12. The molecule has 1 aliphatic rings. The molecule has 5 nitrogen and oxygen atoms in total. The Morgan fingerprint density at radius 1 is 1.48 bits per heavy atom. The van der Waals surface area contributed by atoms with Crippen molar-refractivity contribution in [3.63, 3.8) is 0 Å². The number of aryl methyl sites for hydroxylation is 1. The number of nitrogens with one attached hydrogen (secondary N) is 2. The molecule has 122 valence electrons. The van der Waals surface area contributed by atoms with Gasteiger partial charge in [0.15, 0.2) is 5.69 Å². The number of benzene rings is 1. The van der Waals surface area contributed by atoms with Gasteiger partial charge in [0.05, 0.1) is 17.9 Å². The number of H-pyrrole nitrogens is 1. The van der Waals surface area contributed by atoms with E-state index < -0.39 is 0 Å². The van der Waals surface area contributed by atoms with Gasteiger partial charge >= 0.3 is 0 Å². The maximum absolute atomic E-state index is 13.3. The molecule has 1 aliphatic heterocycles. The van der Waals surface area contributed by atoms with E-state index in [1.54, 1.807) is 19.1 Å². The highest BCUT2D eigenvalue weighted by molar-refractivity contribution is 5.94. The minimum atomic E-state index is -0.246. The molecule has 2 N–H and O–H groups in total. The minimum Gasteiger partial charge on any atom is -0.369 e. The molecule has 2 aromatic rings. The smallest absolute Gasteiger partial charge is 0.272 e. The Balaban J connectivity index is 1.73. The standard InChI is InChI=1S/C17H20FN3O2/c1-9-6-12(4-5-14(9)18)8-19-17(22)16-13-7-10(2)23-11(3)15(13)20-21-16/h4-6,10-11H,7-8H2,1-3H3,(H,19,22)(H,20,21)/t10-,11+/m1/s1. The number of aromatic nitrogens is 2. The second-order valence-corrected chi connectivity index (χ2v) is 6.02. The summed E-state index contributed by atoms with van der Waals surface area (Å²) < 4.78 is 19.0. The second kappa shape index (κ2) is 6.12. The molecule has 0 unspecified atom stereocenters. The van der Waals surface area contributed by atoms with E-state index in [0.717, 1.165) is 16.8 Å². The first kappa shape index (κ1) is 15.7. The zero-order valence-electron chi connectivity index (χ0n) is 13.4. The molecular formula is C17H20FN3O2. The van der Waals surface area contributed by atoms with Gasteiger partial charge in [-0.1, -0.05) is 12.1 Å². The normalized spacial score (nSPS) is 20.2. The van der Waals surface area contributed by atoms with E-state index in [1.165, 1.54) is 6.07 Å². The molecule has 2 heterocycles. The third-order valence-corrected chi connectivity index (χ3v) is 4.12. The summed E-state index contributed by atoms with van der Waals surface area (Å²) in [6.07, 6.45) is 0.623. The topological polar surface area (TPSA) is 67.0 Å². The first-order chi connectivity index (χ1) is 11.0. The number of nitrogens with zero attached hydrogens (tertiary/aromatic N) is 1. The fourth-order valence-corrected chi connectivity index (χ4v) is 2.94. The van der Waals surface area contributed by atoms with E-state index in [0.29, 0.717) is 24.2 Å². The van der Waals surface area contributed by atoms with Gasteiger partial charge in [-0.15, -0.1) is 0 Å². The highest BCUT2D eigenvalue weighted by atomic mass is 19.1. The number of ether oxygens (including phenoxy) is 1. The number of halogens is 1. The van der Waals surface area contributed by atoms with Gasteiger partial charge in [0.2, 0.25) is 0 Å². The van der Waals surface area contributed by atoms with Crippen LogP contribution < -0.4 is 5.32 Å². The first-order valence-corrected chi connectivity index (χ1v) is 7.71. The molecule has 0 fully saturated rings. The zero-order chi connectivity index (χ0) is 16.6. The van der Waals surface area contributed by atoms with Crippen LogP contribution in [0.5, 0.6) is 0 Å². The summed E-state index contributed by atoms with van der Waals surface area (Å²) in [5.41, 5.74) is 3.62. The number of carbonyl (C=O) groups is 1. The van der Waals surface area contributed by atoms with Gasteiger partial charge in [0.1, 0.15) is 5.82 Å². The third kappa shape index (κ3) is 3.12. The maximum atomic E-state index is 13.3. The van der Waals surface area contributed by atoms with Crippen molar-refractivity contribution in [1.29, 1.82) is 0 Å². The van der Waals surface area contributed by atoms with E-state index >= 15 is 0 Å². The highest BCUT2D eigenvalue weighted by Crippen LogP contribution is 2.30. The molecule has 3 rings (SSSR count). The van der Waals surface area contributed by atoms with E-state index in [9.17, 15) is 9.18 Å². The summed E-state index contributed by atoms with van der Waals surface area (Å²) >= 11 is 0. The number of hydrogen-bond donors (Lipinski definition) is 2. The Labute approximate surface area is 134 Å². The van der Waals surface area contributed by atoms with Crippen LogP contribution in [0.3, 0.4) is 0 Å². The number of fused-ring (bicyclic) bond motifs is 1. The van der Waals surface area contributed by atoms with Crippen molar-refractivity contribution in [2.45, 2.75) is 45.9 Å². The van der Waals surface area contributed by atoms with Crippen LogP contribution in [-0.2, 0) is 17.7 Å². The van der Waals surface area contributed by atoms with Gasteiger partial charge in [-0.3, -0.25) is 9.89 Å². The average Bonchev–Trinajstić information content (AvgIpc) is 2.92. The van der Waals surface area contributed by atoms with Gasteiger partial charge < -0.3 is 10.1 Å². The summed E-state index contributed by atoms with van der Waals surface area (Å²) in [4.78, 5) is 12.4. The molecule has 1 aromatic heterocycles. The van der Waals surface area contributed by atoms with Crippen molar-refractivity contribution in [3.05, 3.63) is 52.1 Å². The Morgan fingerprint density at radius 2 is 2.26 bits per heavy atom. The van der Waals surface area contributed by atoms with E-state index in [-0.39, 0.29) is 23.9 Å². The van der Waals surface area contributed by atoms with Gasteiger partial charge in [0, 0.05) is 18.5 Å². The summed E-state index contributed by atoms with van der Waals surface area (Å²) in [5.74, 6) is -0.477. The van der Waals surface area contributed by atoms with Crippen molar-refractivity contribution in [2.24, 2.45) is 0 Å². The first-order valence-electron chi connectivity index (χ1n) is 7.71. The van der Waals surface area contributed by atoms with Crippen LogP contribution in [0.25, 0.3) is 0 Å². The van der Waals surface area contributed by atoms with Crippen LogP contribution in [0, 0.1) is 12.7 Å². The Kier molecular flexibility index (Phi) is 4.17. The van der Waals surface area contributed by atoms with Gasteiger partial charge in [-0.05, 0) is 38.0 Å². The van der Waals surface area contributed by atoms with Gasteiger partial charge in [-0.25, -0.2) is 4.39 Å².